The van der Waals surface area contributed by atoms with Gasteiger partial charge in [-0.15, -0.1) is 11.3 Å². The van der Waals surface area contributed by atoms with Crippen molar-refractivity contribution in [1.29, 1.82) is 0 Å². The molecule has 0 fully saturated rings. The SMILES string of the molecule is CC(C)(NC(=O)c1sccc1Br)C(N)=O. The average Bonchev–Trinajstić information content (AvgIpc) is 2.50. The summed E-state index contributed by atoms with van der Waals surface area (Å²) in [6.45, 7) is 3.13. The van der Waals surface area contributed by atoms with E-state index in [2.05, 4.69) is 21.2 Å². The van der Waals surface area contributed by atoms with Crippen molar-refractivity contribution in [3.63, 3.8) is 0 Å². The molecule has 82 valence electrons. The Balaban J connectivity index is 2.81. The molecule has 1 aromatic rings. The molecular formula is C9H11BrN2O2S. The second kappa shape index (κ2) is 4.32. The van der Waals surface area contributed by atoms with E-state index in [1.54, 1.807) is 25.3 Å². The molecule has 0 bridgehead atoms. The van der Waals surface area contributed by atoms with Crippen molar-refractivity contribution in [2.45, 2.75) is 19.4 Å². The van der Waals surface area contributed by atoms with Gasteiger partial charge in [-0.3, -0.25) is 9.59 Å². The maximum atomic E-state index is 11.7. The molecule has 4 nitrogen and oxygen atoms in total. The number of amides is 2. The average molecular weight is 291 g/mol. The van der Waals surface area contributed by atoms with E-state index in [1.165, 1.54) is 11.3 Å². The van der Waals surface area contributed by atoms with Crippen molar-refractivity contribution < 1.29 is 9.59 Å². The summed E-state index contributed by atoms with van der Waals surface area (Å²) in [5.74, 6) is -0.871. The predicted molar refractivity (Wildman–Crippen MR) is 62.8 cm³/mol. The minimum atomic E-state index is -1.04. The van der Waals surface area contributed by atoms with Crippen LogP contribution in [0.5, 0.6) is 0 Å². The number of hydrogen-bond donors (Lipinski definition) is 2. The molecule has 0 saturated heterocycles. The van der Waals surface area contributed by atoms with E-state index in [-0.39, 0.29) is 5.91 Å². The summed E-state index contributed by atoms with van der Waals surface area (Å²) in [6, 6.07) is 1.77. The molecule has 0 aromatic carbocycles. The van der Waals surface area contributed by atoms with Crippen LogP contribution in [0.25, 0.3) is 0 Å². The van der Waals surface area contributed by atoms with Crippen LogP contribution < -0.4 is 11.1 Å². The fraction of sp³-hybridized carbons (Fsp3) is 0.333. The molecular weight excluding hydrogens is 280 g/mol. The Morgan fingerprint density at radius 3 is 2.53 bits per heavy atom. The van der Waals surface area contributed by atoms with Crippen molar-refractivity contribution in [1.82, 2.24) is 5.32 Å². The van der Waals surface area contributed by atoms with Gasteiger partial charge in [0.25, 0.3) is 5.91 Å². The number of thiophene rings is 1. The first kappa shape index (κ1) is 12.2. The Bertz CT molecular complexity index is 401. The van der Waals surface area contributed by atoms with Crippen molar-refractivity contribution in [2.24, 2.45) is 5.73 Å². The summed E-state index contributed by atoms with van der Waals surface area (Å²) in [5, 5.41) is 4.35. The number of carbonyl (C=O) groups excluding carboxylic acids is 2. The Hall–Kier alpha value is -0.880. The number of nitrogens with two attached hydrogens (primary N) is 1. The minimum Gasteiger partial charge on any atom is -0.368 e. The standard InChI is InChI=1S/C9H11BrN2O2S/c1-9(2,8(11)14)12-7(13)6-5(10)3-4-15-6/h3-4H,1-2H3,(H2,11,14)(H,12,13). The third-order valence-electron chi connectivity index (χ3n) is 1.87. The van der Waals surface area contributed by atoms with Crippen LogP contribution in [0.1, 0.15) is 23.5 Å². The second-order valence-corrected chi connectivity index (χ2v) is 5.31. The van der Waals surface area contributed by atoms with Gasteiger partial charge in [0.15, 0.2) is 0 Å². The van der Waals surface area contributed by atoms with E-state index in [4.69, 9.17) is 5.73 Å². The minimum absolute atomic E-state index is 0.305. The number of rotatable bonds is 3. The number of carbonyl (C=O) groups is 2. The van der Waals surface area contributed by atoms with Gasteiger partial charge in [-0.05, 0) is 41.2 Å². The van der Waals surface area contributed by atoms with Crippen LogP contribution >= 0.6 is 27.3 Å². The lowest BCUT2D eigenvalue weighted by atomic mass is 10.1. The molecule has 2 amide bonds. The second-order valence-electron chi connectivity index (χ2n) is 3.54. The van der Waals surface area contributed by atoms with Crippen molar-refractivity contribution in [3.8, 4) is 0 Å². The lowest BCUT2D eigenvalue weighted by Gasteiger charge is -2.21. The van der Waals surface area contributed by atoms with Gasteiger partial charge in [0.2, 0.25) is 5.91 Å². The summed E-state index contributed by atoms with van der Waals surface area (Å²) in [4.78, 5) is 23.3. The Labute approximate surface area is 100.0 Å². The summed E-state index contributed by atoms with van der Waals surface area (Å²) in [5.41, 5.74) is 4.11. The Morgan fingerprint density at radius 1 is 1.53 bits per heavy atom. The zero-order chi connectivity index (χ0) is 11.6. The molecule has 0 spiro atoms. The maximum absolute atomic E-state index is 11.7. The van der Waals surface area contributed by atoms with Crippen LogP contribution in [-0.2, 0) is 4.79 Å². The highest BCUT2D eigenvalue weighted by Gasteiger charge is 2.28. The van der Waals surface area contributed by atoms with Gasteiger partial charge >= 0.3 is 0 Å². The summed E-state index contributed by atoms with van der Waals surface area (Å²) in [7, 11) is 0. The molecule has 15 heavy (non-hydrogen) atoms. The van der Waals surface area contributed by atoms with Crippen LogP contribution in [0, 0.1) is 0 Å². The summed E-state index contributed by atoms with van der Waals surface area (Å²) >= 11 is 4.54. The van der Waals surface area contributed by atoms with E-state index in [9.17, 15) is 9.59 Å². The van der Waals surface area contributed by atoms with Gasteiger partial charge in [0.05, 0.1) is 0 Å². The van der Waals surface area contributed by atoms with E-state index in [0.29, 0.717) is 9.35 Å². The van der Waals surface area contributed by atoms with Crippen molar-refractivity contribution in [3.05, 3.63) is 20.8 Å². The van der Waals surface area contributed by atoms with Gasteiger partial charge in [-0.25, -0.2) is 0 Å². The maximum Gasteiger partial charge on any atom is 0.263 e. The van der Waals surface area contributed by atoms with Crippen LogP contribution in [-0.4, -0.2) is 17.4 Å². The first-order valence-corrected chi connectivity index (χ1v) is 5.87. The Kier molecular flexibility index (Phi) is 3.51. The highest BCUT2D eigenvalue weighted by molar-refractivity contribution is 9.10. The number of hydrogen-bond acceptors (Lipinski definition) is 3. The largest absolute Gasteiger partial charge is 0.368 e. The molecule has 0 atom stereocenters. The van der Waals surface area contributed by atoms with Gasteiger partial charge in [-0.1, -0.05) is 0 Å². The van der Waals surface area contributed by atoms with Crippen LogP contribution in [0.3, 0.4) is 0 Å². The number of primary amides is 1. The molecule has 1 rings (SSSR count). The molecule has 0 saturated carbocycles. The van der Waals surface area contributed by atoms with Gasteiger partial charge in [0, 0.05) is 4.47 Å². The van der Waals surface area contributed by atoms with Crippen LogP contribution in [0.4, 0.5) is 0 Å². The lowest BCUT2D eigenvalue weighted by Crippen LogP contribution is -2.52. The van der Waals surface area contributed by atoms with E-state index in [1.807, 2.05) is 0 Å². The normalized spacial score (nSPS) is 11.1. The number of nitrogens with one attached hydrogen (secondary N) is 1. The molecule has 0 unspecified atom stereocenters. The first-order chi connectivity index (χ1) is 6.84. The fourth-order valence-corrected chi connectivity index (χ4v) is 2.30. The van der Waals surface area contributed by atoms with Crippen molar-refractivity contribution >= 4 is 39.1 Å². The van der Waals surface area contributed by atoms with E-state index >= 15 is 0 Å². The summed E-state index contributed by atoms with van der Waals surface area (Å²) in [6.07, 6.45) is 0. The van der Waals surface area contributed by atoms with Crippen molar-refractivity contribution in [2.75, 3.05) is 0 Å². The Morgan fingerprint density at radius 2 is 2.13 bits per heavy atom. The molecule has 1 heterocycles. The molecule has 0 aliphatic rings. The third kappa shape index (κ3) is 2.79. The molecule has 0 radical (unpaired) electrons. The fourth-order valence-electron chi connectivity index (χ4n) is 0.858. The highest BCUT2D eigenvalue weighted by Crippen LogP contribution is 2.22. The molecule has 0 aliphatic carbocycles. The topological polar surface area (TPSA) is 72.2 Å². The van der Waals surface area contributed by atoms with Gasteiger partial charge in [0.1, 0.15) is 10.4 Å². The van der Waals surface area contributed by atoms with Gasteiger partial charge in [-0.2, -0.15) is 0 Å². The molecule has 1 aromatic heterocycles. The molecule has 6 heteroatoms. The van der Waals surface area contributed by atoms with Gasteiger partial charge < -0.3 is 11.1 Å². The highest BCUT2D eigenvalue weighted by atomic mass is 79.9. The number of halogens is 1. The zero-order valence-electron chi connectivity index (χ0n) is 8.33. The first-order valence-electron chi connectivity index (χ1n) is 4.20. The molecule has 3 N–H and O–H groups in total. The van der Waals surface area contributed by atoms with E-state index in [0.717, 1.165) is 0 Å². The lowest BCUT2D eigenvalue weighted by molar-refractivity contribution is -0.122. The summed E-state index contributed by atoms with van der Waals surface area (Å²) < 4.78 is 0.713. The monoisotopic (exact) mass is 290 g/mol. The zero-order valence-corrected chi connectivity index (χ0v) is 10.7. The predicted octanol–water partition coefficient (Wildman–Crippen LogP) is 1.50. The smallest absolute Gasteiger partial charge is 0.263 e. The van der Waals surface area contributed by atoms with Crippen LogP contribution in [0.2, 0.25) is 0 Å². The third-order valence-corrected chi connectivity index (χ3v) is 3.70. The van der Waals surface area contributed by atoms with Crippen LogP contribution in [0.15, 0.2) is 15.9 Å². The molecule has 0 aliphatic heterocycles. The van der Waals surface area contributed by atoms with E-state index < -0.39 is 11.4 Å². The quantitative estimate of drug-likeness (QED) is 0.886.